The van der Waals surface area contributed by atoms with E-state index in [4.69, 9.17) is 14.0 Å². The van der Waals surface area contributed by atoms with Crippen molar-refractivity contribution < 1.29 is 49.6 Å². The predicted octanol–water partition coefficient (Wildman–Crippen LogP) is 2.30. The summed E-state index contributed by atoms with van der Waals surface area (Å²) in [4.78, 5) is 23.4. The van der Waals surface area contributed by atoms with Crippen molar-refractivity contribution in [3.63, 3.8) is 0 Å². The van der Waals surface area contributed by atoms with Crippen LogP contribution in [0.25, 0.3) is 0 Å². The molecule has 4 aliphatic carbocycles. The van der Waals surface area contributed by atoms with Gasteiger partial charge in [0.2, 0.25) is 0 Å². The number of halogens is 4. The standard InChI is InChI=1S/C15H18F4O7S/c1-12(16,17)10(20)25-13-3-8-2-9(4-13)6-14(5-8,7-13)26-11(21)15(18,19)27(22,23)24/h8-9H,2-7H2,1H3,(H,22,23,24). The van der Waals surface area contributed by atoms with Crippen molar-refractivity contribution >= 4 is 22.1 Å². The molecule has 4 aliphatic rings. The van der Waals surface area contributed by atoms with E-state index in [1.807, 2.05) is 0 Å². The molecule has 4 saturated carbocycles. The first kappa shape index (κ1) is 20.3. The molecule has 0 heterocycles. The van der Waals surface area contributed by atoms with Gasteiger partial charge in [0.1, 0.15) is 11.2 Å². The van der Waals surface area contributed by atoms with E-state index < -0.39 is 44.4 Å². The highest BCUT2D eigenvalue weighted by atomic mass is 32.2. The van der Waals surface area contributed by atoms with E-state index in [9.17, 15) is 35.6 Å². The SMILES string of the molecule is CC(F)(F)C(=O)OC12CC3CC(C1)CC(OC(=O)C(F)(F)S(=O)(=O)O)(C3)C2. The number of ether oxygens (including phenoxy) is 2. The van der Waals surface area contributed by atoms with Gasteiger partial charge < -0.3 is 9.47 Å². The molecule has 1 N–H and O–H groups in total. The fraction of sp³-hybridized carbons (Fsp3) is 0.867. The van der Waals surface area contributed by atoms with Crippen molar-refractivity contribution in [2.75, 3.05) is 0 Å². The molecule has 0 aliphatic heterocycles. The summed E-state index contributed by atoms with van der Waals surface area (Å²) >= 11 is 0. The van der Waals surface area contributed by atoms with Crippen LogP contribution in [0.4, 0.5) is 17.6 Å². The molecule has 7 nitrogen and oxygen atoms in total. The van der Waals surface area contributed by atoms with Crippen LogP contribution in [-0.2, 0) is 29.2 Å². The summed E-state index contributed by atoms with van der Waals surface area (Å²) in [5.74, 6) is -8.36. The van der Waals surface area contributed by atoms with Crippen molar-refractivity contribution in [1.29, 1.82) is 0 Å². The van der Waals surface area contributed by atoms with Crippen LogP contribution in [0.1, 0.15) is 45.4 Å². The zero-order chi connectivity index (χ0) is 20.5. The zero-order valence-electron chi connectivity index (χ0n) is 14.2. The number of carbonyl (C=O) groups is 2. The smallest absolute Gasteiger partial charge is 0.454 e. The van der Waals surface area contributed by atoms with Crippen LogP contribution in [0.3, 0.4) is 0 Å². The Kier molecular flexibility index (Phi) is 4.35. The number of alkyl halides is 4. The second-order valence-corrected chi connectivity index (χ2v) is 9.45. The number of hydrogen-bond donors (Lipinski definition) is 1. The van der Waals surface area contributed by atoms with Gasteiger partial charge in [-0.3, -0.25) is 4.55 Å². The Morgan fingerprint density at radius 2 is 1.37 bits per heavy atom. The maximum atomic E-state index is 13.6. The number of rotatable bonds is 5. The molecule has 4 rings (SSSR count). The first-order valence-corrected chi connectivity index (χ1v) is 9.71. The molecule has 4 bridgehead atoms. The van der Waals surface area contributed by atoms with Crippen LogP contribution in [0.2, 0.25) is 0 Å². The summed E-state index contributed by atoms with van der Waals surface area (Å²) < 4.78 is 93.6. The highest BCUT2D eigenvalue weighted by molar-refractivity contribution is 7.87. The summed E-state index contributed by atoms with van der Waals surface area (Å²) in [6, 6.07) is 0. The second-order valence-electron chi connectivity index (χ2n) is 7.99. The predicted molar refractivity (Wildman–Crippen MR) is 79.4 cm³/mol. The lowest BCUT2D eigenvalue weighted by molar-refractivity contribution is -0.245. The van der Waals surface area contributed by atoms with E-state index in [1.54, 1.807) is 0 Å². The normalized spacial score (nSPS) is 35.8. The molecule has 2 unspecified atom stereocenters. The van der Waals surface area contributed by atoms with Gasteiger partial charge in [0.25, 0.3) is 0 Å². The summed E-state index contributed by atoms with van der Waals surface area (Å²) in [7, 11) is -6.03. The van der Waals surface area contributed by atoms with Gasteiger partial charge in [-0.05, 0) is 43.9 Å². The Bertz CT molecular complexity index is 760. The molecule has 12 heteroatoms. The van der Waals surface area contributed by atoms with Crippen molar-refractivity contribution in [2.24, 2.45) is 11.8 Å². The first-order chi connectivity index (χ1) is 12.1. The molecule has 0 amide bonds. The molecule has 4 fully saturated rings. The second kappa shape index (κ2) is 5.79. The van der Waals surface area contributed by atoms with Crippen LogP contribution in [-0.4, -0.2) is 47.3 Å². The minimum atomic E-state index is -6.03. The van der Waals surface area contributed by atoms with E-state index in [2.05, 4.69) is 0 Å². The number of esters is 2. The third-order valence-corrected chi connectivity index (χ3v) is 6.31. The molecule has 0 aromatic heterocycles. The zero-order valence-corrected chi connectivity index (χ0v) is 15.0. The molecule has 0 radical (unpaired) electrons. The summed E-state index contributed by atoms with van der Waals surface area (Å²) in [5, 5.41) is -5.16. The van der Waals surface area contributed by atoms with E-state index in [1.165, 1.54) is 0 Å². The van der Waals surface area contributed by atoms with Gasteiger partial charge in [0.15, 0.2) is 0 Å². The lowest BCUT2D eigenvalue weighted by Gasteiger charge is -2.60. The molecule has 0 aromatic rings. The minimum absolute atomic E-state index is 0.124. The maximum Gasteiger partial charge on any atom is 0.465 e. The summed E-state index contributed by atoms with van der Waals surface area (Å²) in [5.41, 5.74) is -2.94. The molecular weight excluding hydrogens is 400 g/mol. The van der Waals surface area contributed by atoms with Gasteiger partial charge in [-0.15, -0.1) is 0 Å². The Balaban J connectivity index is 1.85. The third-order valence-electron chi connectivity index (χ3n) is 5.49. The van der Waals surface area contributed by atoms with Gasteiger partial charge in [-0.2, -0.15) is 26.0 Å². The molecule has 0 saturated heterocycles. The van der Waals surface area contributed by atoms with E-state index in [0.717, 1.165) is 0 Å². The minimum Gasteiger partial charge on any atom is -0.454 e. The van der Waals surface area contributed by atoms with E-state index in [0.29, 0.717) is 13.3 Å². The average molecular weight is 418 g/mol. The fourth-order valence-corrected chi connectivity index (χ4v) is 5.23. The Labute approximate surface area is 152 Å². The number of hydrogen-bond acceptors (Lipinski definition) is 6. The van der Waals surface area contributed by atoms with Crippen LogP contribution < -0.4 is 0 Å². The van der Waals surface area contributed by atoms with Gasteiger partial charge in [0.05, 0.1) is 0 Å². The Hall–Kier alpha value is -1.43. The third kappa shape index (κ3) is 3.53. The van der Waals surface area contributed by atoms with Gasteiger partial charge in [-0.1, -0.05) is 0 Å². The van der Waals surface area contributed by atoms with Crippen LogP contribution >= 0.6 is 0 Å². The fourth-order valence-electron chi connectivity index (χ4n) is 4.98. The summed E-state index contributed by atoms with van der Waals surface area (Å²) in [6.45, 7) is 0.373. The first-order valence-electron chi connectivity index (χ1n) is 8.27. The number of carbonyl (C=O) groups excluding carboxylic acids is 2. The molecule has 0 aromatic carbocycles. The van der Waals surface area contributed by atoms with Crippen molar-refractivity contribution in [3.8, 4) is 0 Å². The van der Waals surface area contributed by atoms with Gasteiger partial charge >= 0.3 is 33.2 Å². The highest BCUT2D eigenvalue weighted by Gasteiger charge is 2.64. The molecule has 154 valence electrons. The highest BCUT2D eigenvalue weighted by Crippen LogP contribution is 2.60. The molecule has 27 heavy (non-hydrogen) atoms. The lowest BCUT2D eigenvalue weighted by Crippen LogP contribution is -2.63. The van der Waals surface area contributed by atoms with Crippen LogP contribution in [0.5, 0.6) is 0 Å². The average Bonchev–Trinajstić information content (AvgIpc) is 2.42. The maximum absolute atomic E-state index is 13.6. The van der Waals surface area contributed by atoms with Crippen LogP contribution in [0, 0.1) is 11.8 Å². The van der Waals surface area contributed by atoms with E-state index >= 15 is 0 Å². The van der Waals surface area contributed by atoms with Crippen molar-refractivity contribution in [2.45, 2.75) is 67.8 Å². The molecular formula is C15H18F4O7S. The molecule has 0 spiro atoms. The van der Waals surface area contributed by atoms with Crippen molar-refractivity contribution in [1.82, 2.24) is 0 Å². The van der Waals surface area contributed by atoms with Crippen LogP contribution in [0.15, 0.2) is 0 Å². The van der Waals surface area contributed by atoms with Gasteiger partial charge in [0, 0.05) is 13.3 Å². The quantitative estimate of drug-likeness (QED) is 0.415. The topological polar surface area (TPSA) is 107 Å². The Morgan fingerprint density at radius 3 is 1.74 bits per heavy atom. The largest absolute Gasteiger partial charge is 0.465 e. The van der Waals surface area contributed by atoms with Gasteiger partial charge in [-0.25, -0.2) is 9.59 Å². The van der Waals surface area contributed by atoms with Crippen molar-refractivity contribution in [3.05, 3.63) is 0 Å². The molecule has 2 atom stereocenters. The monoisotopic (exact) mass is 418 g/mol. The lowest BCUT2D eigenvalue weighted by atomic mass is 9.52. The van der Waals surface area contributed by atoms with E-state index in [-0.39, 0.29) is 43.9 Å². The summed E-state index contributed by atoms with van der Waals surface area (Å²) in [6.07, 6.45) is 1.08. The Morgan fingerprint density at radius 1 is 0.963 bits per heavy atom.